The van der Waals surface area contributed by atoms with Crippen molar-refractivity contribution in [1.82, 2.24) is 9.80 Å². The standard InChI is InChI=1S/C18H22N2O3/c1-15(23-16-6-3-2-4-7-16)18(21)20-11-9-19(10-12-20)14-17-8-5-13-22-17/h2-8,13,15H,9-12,14H2,1H3/t15-/m1/s1. The molecule has 2 heterocycles. The summed E-state index contributed by atoms with van der Waals surface area (Å²) >= 11 is 0. The maximum absolute atomic E-state index is 12.5. The van der Waals surface area contributed by atoms with Gasteiger partial charge in [0.2, 0.25) is 0 Å². The van der Waals surface area contributed by atoms with Crippen LogP contribution >= 0.6 is 0 Å². The number of carbonyl (C=O) groups excluding carboxylic acids is 1. The first kappa shape index (κ1) is 15.6. The van der Waals surface area contributed by atoms with Gasteiger partial charge in [-0.3, -0.25) is 9.69 Å². The minimum absolute atomic E-state index is 0.0477. The predicted octanol–water partition coefficient (Wildman–Crippen LogP) is 2.39. The van der Waals surface area contributed by atoms with Crippen LogP contribution in [0.25, 0.3) is 0 Å². The van der Waals surface area contributed by atoms with Crippen LogP contribution in [0.1, 0.15) is 12.7 Å². The molecule has 1 aliphatic heterocycles. The van der Waals surface area contributed by atoms with Crippen molar-refractivity contribution in [1.29, 1.82) is 0 Å². The van der Waals surface area contributed by atoms with Gasteiger partial charge in [0, 0.05) is 26.2 Å². The van der Waals surface area contributed by atoms with Crippen LogP contribution in [-0.4, -0.2) is 48.0 Å². The van der Waals surface area contributed by atoms with Crippen molar-refractivity contribution >= 4 is 5.91 Å². The minimum atomic E-state index is -0.464. The molecular formula is C18H22N2O3. The molecule has 2 aromatic rings. The smallest absolute Gasteiger partial charge is 0.263 e. The maximum atomic E-state index is 12.5. The van der Waals surface area contributed by atoms with E-state index in [0.717, 1.165) is 44.2 Å². The molecule has 0 radical (unpaired) electrons. The normalized spacial score (nSPS) is 17.0. The van der Waals surface area contributed by atoms with E-state index in [2.05, 4.69) is 4.90 Å². The van der Waals surface area contributed by atoms with Gasteiger partial charge in [0.25, 0.3) is 5.91 Å². The highest BCUT2D eigenvalue weighted by Crippen LogP contribution is 2.14. The van der Waals surface area contributed by atoms with Crippen LogP contribution in [0, 0.1) is 0 Å². The van der Waals surface area contributed by atoms with Crippen molar-refractivity contribution in [2.75, 3.05) is 26.2 Å². The summed E-state index contributed by atoms with van der Waals surface area (Å²) in [4.78, 5) is 16.7. The first-order valence-electron chi connectivity index (χ1n) is 7.97. The topological polar surface area (TPSA) is 45.9 Å². The second-order valence-electron chi connectivity index (χ2n) is 5.75. The van der Waals surface area contributed by atoms with E-state index in [4.69, 9.17) is 9.15 Å². The molecule has 0 aliphatic carbocycles. The Labute approximate surface area is 136 Å². The molecule has 5 nitrogen and oxygen atoms in total. The Kier molecular flexibility index (Phi) is 4.98. The number of para-hydroxylation sites is 1. The molecule has 1 atom stereocenters. The van der Waals surface area contributed by atoms with Gasteiger partial charge in [-0.2, -0.15) is 0 Å². The van der Waals surface area contributed by atoms with Crippen LogP contribution in [0.15, 0.2) is 53.1 Å². The van der Waals surface area contributed by atoms with Crippen molar-refractivity contribution in [3.05, 3.63) is 54.5 Å². The Morgan fingerprint density at radius 1 is 1.13 bits per heavy atom. The molecular weight excluding hydrogens is 292 g/mol. The van der Waals surface area contributed by atoms with Gasteiger partial charge in [-0.1, -0.05) is 18.2 Å². The highest BCUT2D eigenvalue weighted by molar-refractivity contribution is 5.81. The maximum Gasteiger partial charge on any atom is 0.263 e. The zero-order chi connectivity index (χ0) is 16.1. The third kappa shape index (κ3) is 4.13. The fourth-order valence-corrected chi connectivity index (χ4v) is 2.76. The molecule has 1 fully saturated rings. The summed E-state index contributed by atoms with van der Waals surface area (Å²) in [5.41, 5.74) is 0. The molecule has 1 amide bonds. The van der Waals surface area contributed by atoms with Gasteiger partial charge in [0.05, 0.1) is 12.8 Å². The number of nitrogens with zero attached hydrogens (tertiary/aromatic N) is 2. The lowest BCUT2D eigenvalue weighted by molar-refractivity contribution is -0.139. The van der Waals surface area contributed by atoms with Crippen molar-refractivity contribution in [2.24, 2.45) is 0 Å². The van der Waals surface area contributed by atoms with Gasteiger partial charge in [-0.15, -0.1) is 0 Å². The monoisotopic (exact) mass is 314 g/mol. The van der Waals surface area contributed by atoms with Crippen LogP contribution in [0.3, 0.4) is 0 Å². The first-order chi connectivity index (χ1) is 11.2. The Morgan fingerprint density at radius 3 is 2.52 bits per heavy atom. The summed E-state index contributed by atoms with van der Waals surface area (Å²) in [6, 6.07) is 13.3. The Balaban J connectivity index is 1.47. The van der Waals surface area contributed by atoms with Gasteiger partial charge < -0.3 is 14.1 Å². The fraction of sp³-hybridized carbons (Fsp3) is 0.389. The van der Waals surface area contributed by atoms with Crippen molar-refractivity contribution < 1.29 is 13.9 Å². The Hall–Kier alpha value is -2.27. The van der Waals surface area contributed by atoms with E-state index in [-0.39, 0.29) is 5.91 Å². The molecule has 1 saturated heterocycles. The third-order valence-electron chi connectivity index (χ3n) is 4.05. The zero-order valence-corrected chi connectivity index (χ0v) is 13.4. The molecule has 3 rings (SSSR count). The largest absolute Gasteiger partial charge is 0.481 e. The van der Waals surface area contributed by atoms with E-state index in [1.54, 1.807) is 6.26 Å². The average Bonchev–Trinajstić information content (AvgIpc) is 3.09. The fourth-order valence-electron chi connectivity index (χ4n) is 2.76. The molecule has 0 unspecified atom stereocenters. The average molecular weight is 314 g/mol. The lowest BCUT2D eigenvalue weighted by atomic mass is 10.2. The summed E-state index contributed by atoms with van der Waals surface area (Å²) in [6.45, 7) is 5.76. The number of furan rings is 1. The number of hydrogen-bond acceptors (Lipinski definition) is 4. The number of amides is 1. The summed E-state index contributed by atoms with van der Waals surface area (Å²) in [5, 5.41) is 0. The minimum Gasteiger partial charge on any atom is -0.481 e. The summed E-state index contributed by atoms with van der Waals surface area (Å²) < 4.78 is 11.1. The van der Waals surface area contributed by atoms with E-state index in [1.807, 2.05) is 54.3 Å². The molecule has 0 spiro atoms. The van der Waals surface area contributed by atoms with Crippen LogP contribution in [-0.2, 0) is 11.3 Å². The summed E-state index contributed by atoms with van der Waals surface area (Å²) in [6.07, 6.45) is 1.23. The molecule has 1 aromatic heterocycles. The summed E-state index contributed by atoms with van der Waals surface area (Å²) in [5.74, 6) is 1.74. The number of piperazine rings is 1. The Bertz CT molecular complexity index is 604. The number of rotatable bonds is 5. The quantitative estimate of drug-likeness (QED) is 0.850. The van der Waals surface area contributed by atoms with Gasteiger partial charge >= 0.3 is 0 Å². The molecule has 23 heavy (non-hydrogen) atoms. The molecule has 0 N–H and O–H groups in total. The van der Waals surface area contributed by atoms with Crippen molar-refractivity contribution in [3.63, 3.8) is 0 Å². The van der Waals surface area contributed by atoms with Crippen molar-refractivity contribution in [3.8, 4) is 5.75 Å². The highest BCUT2D eigenvalue weighted by atomic mass is 16.5. The van der Waals surface area contributed by atoms with Gasteiger partial charge in [0.15, 0.2) is 6.10 Å². The lowest BCUT2D eigenvalue weighted by Gasteiger charge is -2.35. The number of ether oxygens (including phenoxy) is 1. The third-order valence-corrected chi connectivity index (χ3v) is 4.05. The molecule has 0 bridgehead atoms. The van der Waals surface area contributed by atoms with Crippen LogP contribution in [0.4, 0.5) is 0 Å². The van der Waals surface area contributed by atoms with Gasteiger partial charge in [-0.25, -0.2) is 0 Å². The number of benzene rings is 1. The van der Waals surface area contributed by atoms with E-state index in [9.17, 15) is 4.79 Å². The van der Waals surface area contributed by atoms with E-state index in [1.165, 1.54) is 0 Å². The second kappa shape index (κ2) is 7.33. The summed E-state index contributed by atoms with van der Waals surface area (Å²) in [7, 11) is 0. The predicted molar refractivity (Wildman–Crippen MR) is 87.1 cm³/mol. The first-order valence-corrected chi connectivity index (χ1v) is 7.97. The van der Waals surface area contributed by atoms with Crippen LogP contribution in [0.2, 0.25) is 0 Å². The van der Waals surface area contributed by atoms with Crippen LogP contribution < -0.4 is 4.74 Å². The highest BCUT2D eigenvalue weighted by Gasteiger charge is 2.26. The lowest BCUT2D eigenvalue weighted by Crippen LogP contribution is -2.51. The van der Waals surface area contributed by atoms with Gasteiger partial charge in [0.1, 0.15) is 11.5 Å². The number of carbonyl (C=O) groups is 1. The SMILES string of the molecule is C[C@@H](Oc1ccccc1)C(=O)N1CCN(Cc2ccco2)CC1. The van der Waals surface area contributed by atoms with E-state index in [0.29, 0.717) is 0 Å². The molecule has 122 valence electrons. The molecule has 5 heteroatoms. The van der Waals surface area contributed by atoms with Crippen LogP contribution in [0.5, 0.6) is 5.75 Å². The van der Waals surface area contributed by atoms with Crippen molar-refractivity contribution in [2.45, 2.75) is 19.6 Å². The zero-order valence-electron chi connectivity index (χ0n) is 13.4. The molecule has 1 aromatic carbocycles. The Morgan fingerprint density at radius 2 is 1.87 bits per heavy atom. The molecule has 1 aliphatic rings. The number of hydrogen-bond donors (Lipinski definition) is 0. The van der Waals surface area contributed by atoms with Gasteiger partial charge in [-0.05, 0) is 31.2 Å². The van der Waals surface area contributed by atoms with E-state index >= 15 is 0 Å². The second-order valence-corrected chi connectivity index (χ2v) is 5.75. The molecule has 0 saturated carbocycles. The van der Waals surface area contributed by atoms with E-state index < -0.39 is 6.10 Å².